The number of aryl methyl sites for hydroxylation is 1. The number of benzene rings is 2. The first-order chi connectivity index (χ1) is 14.2. The van der Waals surface area contributed by atoms with Gasteiger partial charge in [-0.1, -0.05) is 48.5 Å². The molecule has 0 bridgehead atoms. The number of rotatable bonds is 6. The highest BCUT2D eigenvalue weighted by Gasteiger charge is 2.20. The van der Waals surface area contributed by atoms with Gasteiger partial charge in [0.15, 0.2) is 0 Å². The smallest absolute Gasteiger partial charge is 0.238 e. The van der Waals surface area contributed by atoms with Crippen molar-refractivity contribution >= 4 is 22.9 Å². The van der Waals surface area contributed by atoms with Gasteiger partial charge in [0.1, 0.15) is 5.01 Å². The van der Waals surface area contributed by atoms with Crippen LogP contribution in [0.1, 0.15) is 10.6 Å². The Balaban J connectivity index is 1.24. The summed E-state index contributed by atoms with van der Waals surface area (Å²) in [4.78, 5) is 21.8. The van der Waals surface area contributed by atoms with Crippen LogP contribution in [-0.4, -0.2) is 53.4 Å². The van der Waals surface area contributed by atoms with Gasteiger partial charge in [0, 0.05) is 42.8 Å². The molecule has 2 aromatic carbocycles. The number of anilines is 1. The third kappa shape index (κ3) is 5.29. The Labute approximate surface area is 176 Å². The molecule has 1 N–H and O–H groups in total. The minimum Gasteiger partial charge on any atom is -0.325 e. The molecule has 0 radical (unpaired) electrons. The molecule has 1 aliphatic rings. The number of thiazole rings is 1. The molecule has 2 heterocycles. The summed E-state index contributed by atoms with van der Waals surface area (Å²) >= 11 is 1.72. The zero-order valence-corrected chi connectivity index (χ0v) is 17.5. The van der Waals surface area contributed by atoms with Crippen molar-refractivity contribution in [3.8, 4) is 11.3 Å². The maximum absolute atomic E-state index is 12.4. The van der Waals surface area contributed by atoms with E-state index in [2.05, 4.69) is 32.6 Å². The molecule has 0 unspecified atom stereocenters. The second-order valence-electron chi connectivity index (χ2n) is 7.41. The maximum Gasteiger partial charge on any atom is 0.238 e. The van der Waals surface area contributed by atoms with E-state index in [-0.39, 0.29) is 5.91 Å². The first kappa shape index (κ1) is 19.8. The van der Waals surface area contributed by atoms with Crippen LogP contribution in [0.2, 0.25) is 0 Å². The molecule has 0 saturated carbocycles. The van der Waals surface area contributed by atoms with Gasteiger partial charge in [-0.3, -0.25) is 14.6 Å². The average Bonchev–Trinajstić information content (AvgIpc) is 3.20. The number of piperazine rings is 1. The lowest BCUT2D eigenvalue weighted by atomic mass is 10.2. The average molecular weight is 407 g/mol. The van der Waals surface area contributed by atoms with E-state index in [4.69, 9.17) is 4.98 Å². The van der Waals surface area contributed by atoms with E-state index >= 15 is 0 Å². The van der Waals surface area contributed by atoms with E-state index in [1.54, 1.807) is 11.3 Å². The number of carbonyl (C=O) groups is 1. The molecular weight excluding hydrogens is 380 g/mol. The lowest BCUT2D eigenvalue weighted by molar-refractivity contribution is -0.117. The lowest BCUT2D eigenvalue weighted by Crippen LogP contribution is -2.48. The van der Waals surface area contributed by atoms with Crippen molar-refractivity contribution in [3.05, 3.63) is 70.5 Å². The number of hydrogen-bond donors (Lipinski definition) is 1. The van der Waals surface area contributed by atoms with Crippen molar-refractivity contribution < 1.29 is 4.79 Å². The summed E-state index contributed by atoms with van der Waals surface area (Å²) in [6, 6.07) is 18.2. The topological polar surface area (TPSA) is 48.5 Å². The van der Waals surface area contributed by atoms with Crippen molar-refractivity contribution in [2.45, 2.75) is 13.5 Å². The van der Waals surface area contributed by atoms with Crippen molar-refractivity contribution in [2.24, 2.45) is 0 Å². The highest BCUT2D eigenvalue weighted by molar-refractivity contribution is 7.09. The molecule has 4 rings (SSSR count). The molecule has 1 aliphatic heterocycles. The largest absolute Gasteiger partial charge is 0.325 e. The summed E-state index contributed by atoms with van der Waals surface area (Å²) in [7, 11) is 0. The Kier molecular flexibility index (Phi) is 6.34. The molecule has 1 saturated heterocycles. The molecule has 3 aromatic rings. The van der Waals surface area contributed by atoms with Crippen molar-refractivity contribution in [3.63, 3.8) is 0 Å². The first-order valence-corrected chi connectivity index (χ1v) is 10.9. The number of para-hydroxylation sites is 1. The maximum atomic E-state index is 12.4. The Morgan fingerprint density at radius 2 is 1.69 bits per heavy atom. The molecule has 0 atom stereocenters. The molecule has 1 fully saturated rings. The second kappa shape index (κ2) is 9.31. The minimum absolute atomic E-state index is 0.0557. The second-order valence-corrected chi connectivity index (χ2v) is 8.35. The molecule has 0 spiro atoms. The van der Waals surface area contributed by atoms with Crippen LogP contribution in [0.3, 0.4) is 0 Å². The van der Waals surface area contributed by atoms with Crippen molar-refractivity contribution in [2.75, 3.05) is 38.0 Å². The third-order valence-corrected chi connectivity index (χ3v) is 6.07. The van der Waals surface area contributed by atoms with Gasteiger partial charge >= 0.3 is 0 Å². The van der Waals surface area contributed by atoms with Gasteiger partial charge in [-0.25, -0.2) is 4.98 Å². The molecule has 0 aliphatic carbocycles. The first-order valence-electron chi connectivity index (χ1n) is 9.97. The summed E-state index contributed by atoms with van der Waals surface area (Å²) in [6.07, 6.45) is 0. The van der Waals surface area contributed by atoms with Crippen LogP contribution in [0.15, 0.2) is 60.0 Å². The number of nitrogens with one attached hydrogen (secondary N) is 1. The van der Waals surface area contributed by atoms with Crippen LogP contribution in [0.5, 0.6) is 0 Å². The van der Waals surface area contributed by atoms with Crippen molar-refractivity contribution in [1.82, 2.24) is 14.8 Å². The fraction of sp³-hybridized carbons (Fsp3) is 0.304. The Bertz CT molecular complexity index is 948. The Morgan fingerprint density at radius 1 is 1.00 bits per heavy atom. The molecule has 6 heteroatoms. The van der Waals surface area contributed by atoms with E-state index in [1.807, 2.05) is 49.4 Å². The van der Waals surface area contributed by atoms with Crippen LogP contribution in [0, 0.1) is 6.92 Å². The Hall–Kier alpha value is -2.54. The van der Waals surface area contributed by atoms with Gasteiger partial charge in [-0.15, -0.1) is 11.3 Å². The number of amides is 1. The number of aromatic nitrogens is 1. The van der Waals surface area contributed by atoms with E-state index in [1.165, 1.54) is 5.56 Å². The predicted octanol–water partition coefficient (Wildman–Crippen LogP) is 3.87. The van der Waals surface area contributed by atoms with Gasteiger partial charge in [-0.05, 0) is 18.6 Å². The highest BCUT2D eigenvalue weighted by Crippen LogP contribution is 2.22. The van der Waals surface area contributed by atoms with Gasteiger partial charge < -0.3 is 5.32 Å². The predicted molar refractivity (Wildman–Crippen MR) is 119 cm³/mol. The van der Waals surface area contributed by atoms with E-state index in [0.29, 0.717) is 6.54 Å². The molecule has 1 aromatic heterocycles. The summed E-state index contributed by atoms with van der Waals surface area (Å²) in [5, 5.41) is 6.31. The van der Waals surface area contributed by atoms with E-state index in [0.717, 1.165) is 54.7 Å². The van der Waals surface area contributed by atoms with Gasteiger partial charge in [0.05, 0.1) is 18.8 Å². The zero-order chi connectivity index (χ0) is 20.1. The highest BCUT2D eigenvalue weighted by atomic mass is 32.1. The third-order valence-electron chi connectivity index (χ3n) is 5.23. The van der Waals surface area contributed by atoms with E-state index < -0.39 is 0 Å². The van der Waals surface area contributed by atoms with E-state index in [9.17, 15) is 4.79 Å². The standard InChI is InChI=1S/C23H26N4OS/c1-18-7-5-6-10-20(18)24-22(28)15-26-11-13-27(14-12-26)16-23-25-21(17-29-23)19-8-3-2-4-9-19/h2-10,17H,11-16H2,1H3,(H,24,28). The monoisotopic (exact) mass is 406 g/mol. The Morgan fingerprint density at radius 3 is 2.45 bits per heavy atom. The minimum atomic E-state index is 0.0557. The summed E-state index contributed by atoms with van der Waals surface area (Å²) in [5.41, 5.74) is 4.20. The number of carbonyl (C=O) groups excluding carboxylic acids is 1. The molecule has 150 valence electrons. The summed E-state index contributed by atoms with van der Waals surface area (Å²) in [5.74, 6) is 0.0557. The fourth-order valence-corrected chi connectivity index (χ4v) is 4.37. The molecular formula is C23H26N4OS. The normalized spacial score (nSPS) is 15.3. The lowest BCUT2D eigenvalue weighted by Gasteiger charge is -2.33. The number of hydrogen-bond acceptors (Lipinski definition) is 5. The quantitative estimate of drug-likeness (QED) is 0.675. The van der Waals surface area contributed by atoms with Crippen LogP contribution in [-0.2, 0) is 11.3 Å². The zero-order valence-electron chi connectivity index (χ0n) is 16.7. The molecule has 29 heavy (non-hydrogen) atoms. The van der Waals surface area contributed by atoms with Crippen LogP contribution in [0.25, 0.3) is 11.3 Å². The van der Waals surface area contributed by atoms with Crippen LogP contribution < -0.4 is 5.32 Å². The van der Waals surface area contributed by atoms with Crippen LogP contribution in [0.4, 0.5) is 5.69 Å². The molecule has 1 amide bonds. The molecule has 5 nitrogen and oxygen atoms in total. The number of nitrogens with zero attached hydrogens (tertiary/aromatic N) is 3. The fourth-order valence-electron chi connectivity index (χ4n) is 3.53. The summed E-state index contributed by atoms with van der Waals surface area (Å²) < 4.78 is 0. The van der Waals surface area contributed by atoms with Gasteiger partial charge in [0.2, 0.25) is 5.91 Å². The summed E-state index contributed by atoms with van der Waals surface area (Å²) in [6.45, 7) is 7.04. The van der Waals surface area contributed by atoms with Crippen molar-refractivity contribution in [1.29, 1.82) is 0 Å². The van der Waals surface area contributed by atoms with Crippen LogP contribution >= 0.6 is 11.3 Å². The van der Waals surface area contributed by atoms with Gasteiger partial charge in [0.25, 0.3) is 0 Å². The van der Waals surface area contributed by atoms with Gasteiger partial charge in [-0.2, -0.15) is 0 Å². The SMILES string of the molecule is Cc1ccccc1NC(=O)CN1CCN(Cc2nc(-c3ccccc3)cs2)CC1.